The van der Waals surface area contributed by atoms with Crippen molar-refractivity contribution >= 4 is 0 Å². The predicted octanol–water partition coefficient (Wildman–Crippen LogP) is 2.28. The van der Waals surface area contributed by atoms with Gasteiger partial charge in [-0.2, -0.15) is 5.26 Å². The normalized spacial score (nSPS) is 13.8. The van der Waals surface area contributed by atoms with Gasteiger partial charge in [-0.1, -0.05) is 12.1 Å². The van der Waals surface area contributed by atoms with Crippen LogP contribution in [0.1, 0.15) is 24.5 Å². The summed E-state index contributed by atoms with van der Waals surface area (Å²) in [6.45, 7) is 6.73. The molecule has 0 aromatic heterocycles. The first-order chi connectivity index (χ1) is 9.43. The Hall–Kier alpha value is -1.57. The lowest BCUT2D eigenvalue weighted by Gasteiger charge is -2.25. The van der Waals surface area contributed by atoms with Crippen LogP contribution in [0.2, 0.25) is 0 Å². The molecule has 1 N–H and O–H groups in total. The Balaban J connectivity index is 2.45. The molecule has 0 bridgehead atoms. The summed E-state index contributed by atoms with van der Waals surface area (Å²) in [5.74, 6) is 0.816. The number of nitriles is 1. The molecule has 1 aromatic rings. The van der Waals surface area contributed by atoms with Crippen LogP contribution in [0.3, 0.4) is 0 Å². The Labute approximate surface area is 121 Å². The number of hydrogen-bond donors (Lipinski definition) is 1. The predicted molar refractivity (Wildman–Crippen MR) is 79.7 cm³/mol. The second-order valence-electron chi connectivity index (χ2n) is 5.38. The lowest BCUT2D eigenvalue weighted by Crippen LogP contribution is -2.38. The summed E-state index contributed by atoms with van der Waals surface area (Å²) in [6, 6.07) is 8.30. The molecule has 110 valence electrons. The topological polar surface area (TPSA) is 56.5 Å². The van der Waals surface area contributed by atoms with Crippen LogP contribution in [-0.4, -0.2) is 42.4 Å². The molecule has 1 aromatic carbocycles. The van der Waals surface area contributed by atoms with Crippen molar-refractivity contribution in [3.8, 4) is 11.8 Å². The van der Waals surface area contributed by atoms with Gasteiger partial charge in [-0.3, -0.25) is 4.90 Å². The minimum Gasteiger partial charge on any atom is -0.491 e. The van der Waals surface area contributed by atoms with Crippen molar-refractivity contribution in [2.45, 2.75) is 39.3 Å². The third-order valence-corrected chi connectivity index (χ3v) is 3.41. The molecule has 0 fully saturated rings. The molecule has 0 amide bonds. The first-order valence-electron chi connectivity index (χ1n) is 6.89. The van der Waals surface area contributed by atoms with E-state index in [0.29, 0.717) is 13.0 Å². The van der Waals surface area contributed by atoms with Gasteiger partial charge < -0.3 is 9.84 Å². The highest BCUT2D eigenvalue weighted by Gasteiger charge is 2.14. The Kier molecular flexibility index (Phi) is 6.50. The van der Waals surface area contributed by atoms with Crippen molar-refractivity contribution in [2.24, 2.45) is 0 Å². The fourth-order valence-electron chi connectivity index (χ4n) is 1.90. The van der Waals surface area contributed by atoms with E-state index < -0.39 is 6.10 Å². The van der Waals surface area contributed by atoms with E-state index in [-0.39, 0.29) is 12.6 Å². The Morgan fingerprint density at radius 1 is 1.40 bits per heavy atom. The van der Waals surface area contributed by atoms with E-state index in [0.717, 1.165) is 16.9 Å². The van der Waals surface area contributed by atoms with E-state index in [1.165, 1.54) is 0 Å². The zero-order chi connectivity index (χ0) is 15.1. The van der Waals surface area contributed by atoms with E-state index in [1.807, 2.05) is 50.9 Å². The van der Waals surface area contributed by atoms with Crippen molar-refractivity contribution in [1.82, 2.24) is 4.90 Å². The van der Waals surface area contributed by atoms with Crippen molar-refractivity contribution in [1.29, 1.82) is 5.26 Å². The monoisotopic (exact) mass is 276 g/mol. The van der Waals surface area contributed by atoms with Crippen molar-refractivity contribution < 1.29 is 9.84 Å². The van der Waals surface area contributed by atoms with E-state index in [1.54, 1.807) is 0 Å². The van der Waals surface area contributed by atoms with Crippen LogP contribution < -0.4 is 4.74 Å². The first kappa shape index (κ1) is 16.5. The van der Waals surface area contributed by atoms with Gasteiger partial charge in [0.1, 0.15) is 18.5 Å². The second kappa shape index (κ2) is 7.88. The van der Waals surface area contributed by atoms with Gasteiger partial charge in [-0.15, -0.1) is 0 Å². The molecule has 0 spiro atoms. The zero-order valence-electron chi connectivity index (χ0n) is 12.8. The fourth-order valence-corrected chi connectivity index (χ4v) is 1.90. The van der Waals surface area contributed by atoms with Gasteiger partial charge in [0, 0.05) is 12.6 Å². The fraction of sp³-hybridized carbons (Fsp3) is 0.562. The van der Waals surface area contributed by atoms with Crippen LogP contribution in [0, 0.1) is 25.2 Å². The molecule has 2 atom stereocenters. The van der Waals surface area contributed by atoms with E-state index in [2.05, 4.69) is 6.07 Å². The van der Waals surface area contributed by atoms with Gasteiger partial charge in [0.25, 0.3) is 0 Å². The lowest BCUT2D eigenvalue weighted by atomic mass is 10.1. The molecule has 20 heavy (non-hydrogen) atoms. The molecule has 4 heteroatoms. The summed E-state index contributed by atoms with van der Waals surface area (Å²) in [5.41, 5.74) is 2.20. The largest absolute Gasteiger partial charge is 0.491 e. The number of benzene rings is 1. The van der Waals surface area contributed by atoms with Crippen LogP contribution in [0.25, 0.3) is 0 Å². The molecule has 4 nitrogen and oxygen atoms in total. The average molecular weight is 276 g/mol. The molecule has 0 saturated carbocycles. The van der Waals surface area contributed by atoms with E-state index >= 15 is 0 Å². The average Bonchev–Trinajstić information content (AvgIpc) is 2.40. The van der Waals surface area contributed by atoms with Gasteiger partial charge in [0.05, 0.1) is 12.5 Å². The summed E-state index contributed by atoms with van der Waals surface area (Å²) in [7, 11) is 1.91. The number of nitrogens with zero attached hydrogens (tertiary/aromatic N) is 2. The first-order valence-corrected chi connectivity index (χ1v) is 6.89. The van der Waals surface area contributed by atoms with Crippen LogP contribution in [0.4, 0.5) is 0 Å². The second-order valence-corrected chi connectivity index (χ2v) is 5.38. The molecule has 0 radical (unpaired) electrons. The SMILES string of the molecule is Cc1ccc(C)c(OCC(O)CN(C)C(C)CC#N)c1. The highest BCUT2D eigenvalue weighted by molar-refractivity contribution is 5.35. The van der Waals surface area contributed by atoms with Crippen LogP contribution in [0.15, 0.2) is 18.2 Å². The summed E-state index contributed by atoms with van der Waals surface area (Å²) in [6.07, 6.45) is -0.109. The molecular weight excluding hydrogens is 252 g/mol. The number of aryl methyl sites for hydroxylation is 2. The number of likely N-dealkylation sites (N-methyl/N-ethyl adjacent to an activating group) is 1. The summed E-state index contributed by atoms with van der Waals surface area (Å²) >= 11 is 0. The Bertz CT molecular complexity index is 468. The number of aliphatic hydroxyl groups excluding tert-OH is 1. The minimum atomic E-state index is -0.568. The highest BCUT2D eigenvalue weighted by Crippen LogP contribution is 2.19. The quantitative estimate of drug-likeness (QED) is 0.830. The zero-order valence-corrected chi connectivity index (χ0v) is 12.8. The molecule has 0 aliphatic carbocycles. The molecule has 1 rings (SSSR count). The number of hydrogen-bond acceptors (Lipinski definition) is 4. The summed E-state index contributed by atoms with van der Waals surface area (Å²) in [4.78, 5) is 1.97. The minimum absolute atomic E-state index is 0.135. The van der Waals surface area contributed by atoms with Crippen LogP contribution in [-0.2, 0) is 0 Å². The molecule has 0 aliphatic rings. The van der Waals surface area contributed by atoms with Crippen molar-refractivity contribution in [2.75, 3.05) is 20.2 Å². The standard InChI is InChI=1S/C16H24N2O2/c1-12-5-6-13(2)16(9-12)20-11-15(19)10-18(4)14(3)7-8-17/h5-6,9,14-15,19H,7,10-11H2,1-4H3. The highest BCUT2D eigenvalue weighted by atomic mass is 16.5. The third-order valence-electron chi connectivity index (χ3n) is 3.41. The van der Waals surface area contributed by atoms with Crippen LogP contribution in [0.5, 0.6) is 5.75 Å². The summed E-state index contributed by atoms with van der Waals surface area (Å²) in [5, 5.41) is 18.7. The van der Waals surface area contributed by atoms with Crippen molar-refractivity contribution in [3.05, 3.63) is 29.3 Å². The van der Waals surface area contributed by atoms with Gasteiger partial charge in [-0.25, -0.2) is 0 Å². The van der Waals surface area contributed by atoms with E-state index in [9.17, 15) is 5.11 Å². The van der Waals surface area contributed by atoms with Crippen LogP contribution >= 0.6 is 0 Å². The molecule has 2 unspecified atom stereocenters. The smallest absolute Gasteiger partial charge is 0.122 e. The lowest BCUT2D eigenvalue weighted by molar-refractivity contribution is 0.0658. The van der Waals surface area contributed by atoms with Gasteiger partial charge in [-0.05, 0) is 45.0 Å². The van der Waals surface area contributed by atoms with Gasteiger partial charge >= 0.3 is 0 Å². The van der Waals surface area contributed by atoms with Gasteiger partial charge in [0.2, 0.25) is 0 Å². The number of aliphatic hydroxyl groups is 1. The molecule has 0 heterocycles. The Morgan fingerprint density at radius 2 is 2.10 bits per heavy atom. The number of ether oxygens (including phenoxy) is 1. The Morgan fingerprint density at radius 3 is 2.75 bits per heavy atom. The molecular formula is C16H24N2O2. The molecule has 0 saturated heterocycles. The van der Waals surface area contributed by atoms with Crippen molar-refractivity contribution in [3.63, 3.8) is 0 Å². The summed E-state index contributed by atoms with van der Waals surface area (Å²) < 4.78 is 5.68. The van der Waals surface area contributed by atoms with E-state index in [4.69, 9.17) is 10.00 Å². The molecule has 0 aliphatic heterocycles. The maximum absolute atomic E-state index is 10.0. The van der Waals surface area contributed by atoms with Gasteiger partial charge in [0.15, 0.2) is 0 Å². The third kappa shape index (κ3) is 5.20. The number of rotatable bonds is 7. The maximum Gasteiger partial charge on any atom is 0.122 e. The maximum atomic E-state index is 10.0.